The van der Waals surface area contributed by atoms with E-state index in [0.29, 0.717) is 0 Å². The van der Waals surface area contributed by atoms with Gasteiger partial charge in [0, 0.05) is 17.9 Å². The second kappa shape index (κ2) is 4.61. The Kier molecular flexibility index (Phi) is 4.04. The van der Waals surface area contributed by atoms with E-state index in [0.717, 1.165) is 16.7 Å². The van der Waals surface area contributed by atoms with Crippen molar-refractivity contribution in [3.8, 4) is 0 Å². The zero-order valence-electron chi connectivity index (χ0n) is 8.39. The third-order valence-electron chi connectivity index (χ3n) is 2.42. The molecule has 1 saturated carbocycles. The first-order chi connectivity index (χ1) is 5.58. The number of nitrogens with zero attached hydrogens (tertiary/aromatic N) is 1. The lowest BCUT2D eigenvalue weighted by atomic mass is 9.85. The standard InChI is InChI=1S/C10H20BrN/c1-8(2)6-12(3)7-9-4-10(11)5-9/h8-10H,4-7H2,1-3H3. The van der Waals surface area contributed by atoms with Crippen LogP contribution in [0.25, 0.3) is 0 Å². The Labute approximate surface area is 84.6 Å². The summed E-state index contributed by atoms with van der Waals surface area (Å²) in [6.45, 7) is 7.10. The first kappa shape index (κ1) is 10.5. The Bertz CT molecular complexity index is 130. The van der Waals surface area contributed by atoms with Crippen LogP contribution in [0.4, 0.5) is 0 Å². The highest BCUT2D eigenvalue weighted by Gasteiger charge is 2.27. The molecule has 0 amide bonds. The van der Waals surface area contributed by atoms with Crippen LogP contribution in [-0.2, 0) is 0 Å². The second-order valence-corrected chi connectivity index (χ2v) is 5.84. The molecule has 12 heavy (non-hydrogen) atoms. The fourth-order valence-electron chi connectivity index (χ4n) is 1.94. The highest BCUT2D eigenvalue weighted by Crippen LogP contribution is 2.33. The van der Waals surface area contributed by atoms with E-state index in [4.69, 9.17) is 0 Å². The third-order valence-corrected chi connectivity index (χ3v) is 3.17. The summed E-state index contributed by atoms with van der Waals surface area (Å²) < 4.78 is 0. The molecule has 72 valence electrons. The number of hydrogen-bond acceptors (Lipinski definition) is 1. The third kappa shape index (κ3) is 3.44. The summed E-state index contributed by atoms with van der Waals surface area (Å²) in [6, 6.07) is 0. The van der Waals surface area contributed by atoms with Gasteiger partial charge in [0.25, 0.3) is 0 Å². The van der Waals surface area contributed by atoms with Gasteiger partial charge in [-0.05, 0) is 31.7 Å². The van der Waals surface area contributed by atoms with Crippen molar-refractivity contribution in [3.63, 3.8) is 0 Å². The summed E-state index contributed by atoms with van der Waals surface area (Å²) in [5.74, 6) is 1.76. The average Bonchev–Trinajstić information content (AvgIpc) is 1.82. The van der Waals surface area contributed by atoms with Crippen LogP contribution in [0.5, 0.6) is 0 Å². The minimum Gasteiger partial charge on any atom is -0.306 e. The molecule has 1 aliphatic carbocycles. The van der Waals surface area contributed by atoms with Gasteiger partial charge in [0.2, 0.25) is 0 Å². The van der Waals surface area contributed by atoms with E-state index in [1.54, 1.807) is 0 Å². The first-order valence-corrected chi connectivity index (χ1v) is 5.82. The lowest BCUT2D eigenvalue weighted by molar-refractivity contribution is 0.199. The second-order valence-electron chi connectivity index (χ2n) is 4.55. The molecule has 0 N–H and O–H groups in total. The Morgan fingerprint density at radius 3 is 2.42 bits per heavy atom. The van der Waals surface area contributed by atoms with Crippen molar-refractivity contribution in [1.29, 1.82) is 0 Å². The van der Waals surface area contributed by atoms with Crippen molar-refractivity contribution in [1.82, 2.24) is 4.90 Å². The molecule has 1 nitrogen and oxygen atoms in total. The van der Waals surface area contributed by atoms with Gasteiger partial charge in [-0.1, -0.05) is 29.8 Å². The number of rotatable bonds is 4. The lowest BCUT2D eigenvalue weighted by Gasteiger charge is -2.34. The molecule has 1 aliphatic rings. The molecule has 0 saturated heterocycles. The summed E-state index contributed by atoms with van der Waals surface area (Å²) in [5.41, 5.74) is 0. The summed E-state index contributed by atoms with van der Waals surface area (Å²) >= 11 is 3.62. The molecule has 1 fully saturated rings. The maximum absolute atomic E-state index is 3.62. The first-order valence-electron chi connectivity index (χ1n) is 4.90. The molecule has 0 atom stereocenters. The minimum absolute atomic E-state index is 0.801. The fraction of sp³-hybridized carbons (Fsp3) is 1.00. The Morgan fingerprint density at radius 2 is 2.00 bits per heavy atom. The van der Waals surface area contributed by atoms with Crippen molar-refractivity contribution in [2.24, 2.45) is 11.8 Å². The van der Waals surface area contributed by atoms with E-state index in [9.17, 15) is 0 Å². The van der Waals surface area contributed by atoms with Crippen LogP contribution >= 0.6 is 15.9 Å². The van der Waals surface area contributed by atoms with Crippen LogP contribution in [0, 0.1) is 11.8 Å². The normalized spacial score (nSPS) is 29.5. The largest absolute Gasteiger partial charge is 0.306 e. The Morgan fingerprint density at radius 1 is 1.42 bits per heavy atom. The highest BCUT2D eigenvalue weighted by molar-refractivity contribution is 9.09. The molecule has 0 aromatic carbocycles. The zero-order chi connectivity index (χ0) is 9.14. The van der Waals surface area contributed by atoms with Gasteiger partial charge in [0.1, 0.15) is 0 Å². The molecule has 0 radical (unpaired) electrons. The molecular weight excluding hydrogens is 214 g/mol. The van der Waals surface area contributed by atoms with Crippen molar-refractivity contribution in [2.75, 3.05) is 20.1 Å². The van der Waals surface area contributed by atoms with E-state index >= 15 is 0 Å². The van der Waals surface area contributed by atoms with Crippen LogP contribution in [-0.4, -0.2) is 29.9 Å². The lowest BCUT2D eigenvalue weighted by Crippen LogP contribution is -2.36. The van der Waals surface area contributed by atoms with E-state index < -0.39 is 0 Å². The van der Waals surface area contributed by atoms with Gasteiger partial charge in [-0.2, -0.15) is 0 Å². The van der Waals surface area contributed by atoms with Gasteiger partial charge in [-0.15, -0.1) is 0 Å². The predicted octanol–water partition coefficient (Wildman–Crippen LogP) is 2.75. The van der Waals surface area contributed by atoms with E-state index in [1.807, 2.05) is 0 Å². The minimum atomic E-state index is 0.801. The fourth-order valence-corrected chi connectivity index (χ4v) is 3.00. The van der Waals surface area contributed by atoms with Crippen molar-refractivity contribution in [2.45, 2.75) is 31.5 Å². The van der Waals surface area contributed by atoms with Gasteiger partial charge in [0.15, 0.2) is 0 Å². The molecule has 0 spiro atoms. The van der Waals surface area contributed by atoms with Crippen LogP contribution in [0.3, 0.4) is 0 Å². The maximum atomic E-state index is 3.62. The molecule has 0 bridgehead atoms. The molecular formula is C10H20BrN. The molecule has 1 rings (SSSR count). The molecule has 0 heterocycles. The van der Waals surface area contributed by atoms with E-state index in [-0.39, 0.29) is 0 Å². The van der Waals surface area contributed by atoms with Gasteiger partial charge >= 0.3 is 0 Å². The van der Waals surface area contributed by atoms with E-state index in [2.05, 4.69) is 41.7 Å². The zero-order valence-corrected chi connectivity index (χ0v) is 9.97. The Balaban J connectivity index is 2.06. The van der Waals surface area contributed by atoms with Crippen LogP contribution in [0.15, 0.2) is 0 Å². The summed E-state index contributed by atoms with van der Waals surface area (Å²) in [7, 11) is 2.24. The van der Waals surface area contributed by atoms with Crippen LogP contribution in [0.1, 0.15) is 26.7 Å². The number of alkyl halides is 1. The molecule has 0 unspecified atom stereocenters. The van der Waals surface area contributed by atoms with Crippen LogP contribution in [0.2, 0.25) is 0 Å². The predicted molar refractivity (Wildman–Crippen MR) is 57.8 cm³/mol. The molecule has 2 heteroatoms. The van der Waals surface area contributed by atoms with Gasteiger partial charge in [-0.3, -0.25) is 0 Å². The number of hydrogen-bond donors (Lipinski definition) is 0. The van der Waals surface area contributed by atoms with E-state index in [1.165, 1.54) is 25.9 Å². The van der Waals surface area contributed by atoms with Gasteiger partial charge in [-0.25, -0.2) is 0 Å². The summed E-state index contributed by atoms with van der Waals surface area (Å²) in [4.78, 5) is 3.28. The number of halogens is 1. The maximum Gasteiger partial charge on any atom is 0.0152 e. The summed E-state index contributed by atoms with van der Waals surface area (Å²) in [6.07, 6.45) is 2.75. The SMILES string of the molecule is CC(C)CN(C)CC1CC(Br)C1. The summed E-state index contributed by atoms with van der Waals surface area (Å²) in [5, 5.41) is 0. The monoisotopic (exact) mass is 233 g/mol. The Hall–Kier alpha value is 0.440. The molecule has 0 aromatic rings. The van der Waals surface area contributed by atoms with Crippen molar-refractivity contribution in [3.05, 3.63) is 0 Å². The quantitative estimate of drug-likeness (QED) is 0.676. The van der Waals surface area contributed by atoms with Gasteiger partial charge < -0.3 is 4.90 Å². The molecule has 0 aromatic heterocycles. The highest BCUT2D eigenvalue weighted by atomic mass is 79.9. The smallest absolute Gasteiger partial charge is 0.0152 e. The molecule has 0 aliphatic heterocycles. The van der Waals surface area contributed by atoms with Crippen LogP contribution < -0.4 is 0 Å². The average molecular weight is 234 g/mol. The topological polar surface area (TPSA) is 3.24 Å². The van der Waals surface area contributed by atoms with Crippen molar-refractivity contribution >= 4 is 15.9 Å². The van der Waals surface area contributed by atoms with Gasteiger partial charge in [0.05, 0.1) is 0 Å². The van der Waals surface area contributed by atoms with Crippen molar-refractivity contribution < 1.29 is 0 Å².